The molecule has 0 unspecified atom stereocenters. The van der Waals surface area contributed by atoms with Crippen molar-refractivity contribution in [2.75, 3.05) is 25.5 Å². The topological polar surface area (TPSA) is 37.4 Å². The summed E-state index contributed by atoms with van der Waals surface area (Å²) < 4.78 is 37.3. The van der Waals surface area contributed by atoms with Crippen LogP contribution >= 0.6 is 0 Å². The maximum Gasteiger partial charge on any atom is 0.214 e. The van der Waals surface area contributed by atoms with Gasteiger partial charge in [0.05, 0.1) is 12.4 Å². The fourth-order valence-electron chi connectivity index (χ4n) is 1.42. The highest BCUT2D eigenvalue weighted by atomic mass is 32.2. The maximum atomic E-state index is 12.0. The van der Waals surface area contributed by atoms with Crippen LogP contribution in [0, 0.1) is 0 Å². The second kappa shape index (κ2) is 8.93. The zero-order chi connectivity index (χ0) is 12.4. The Kier molecular flexibility index (Phi) is 8.84. The van der Waals surface area contributed by atoms with E-state index in [-0.39, 0.29) is 12.2 Å². The zero-order valence-electron chi connectivity index (χ0n) is 10.4. The van der Waals surface area contributed by atoms with Crippen molar-refractivity contribution < 1.29 is 12.8 Å². The van der Waals surface area contributed by atoms with Crippen LogP contribution in [0.2, 0.25) is 0 Å². The Bertz CT molecular complexity index is 247. The smallest absolute Gasteiger partial charge is 0.214 e. The van der Waals surface area contributed by atoms with Gasteiger partial charge in [-0.25, -0.2) is 12.7 Å². The van der Waals surface area contributed by atoms with Crippen molar-refractivity contribution in [1.82, 2.24) is 4.31 Å². The summed E-state index contributed by atoms with van der Waals surface area (Å²) >= 11 is 0. The van der Waals surface area contributed by atoms with Crippen molar-refractivity contribution >= 4 is 10.0 Å². The summed E-state index contributed by atoms with van der Waals surface area (Å²) in [6.45, 7) is 4.66. The first kappa shape index (κ1) is 15.8. The van der Waals surface area contributed by atoms with Gasteiger partial charge in [-0.3, -0.25) is 4.39 Å². The standard InChI is InChI=1S/C11H24FNO2S/c1-3-5-9-13(10-6-4-2)16(14,15)11-7-8-12/h3-11H2,1-2H3. The molecule has 0 amide bonds. The van der Waals surface area contributed by atoms with E-state index in [4.69, 9.17) is 0 Å². The van der Waals surface area contributed by atoms with Crippen LogP contribution < -0.4 is 0 Å². The van der Waals surface area contributed by atoms with Crippen molar-refractivity contribution in [1.29, 1.82) is 0 Å². The van der Waals surface area contributed by atoms with Crippen molar-refractivity contribution in [2.24, 2.45) is 0 Å². The molecule has 3 nitrogen and oxygen atoms in total. The molecular formula is C11H24FNO2S. The fraction of sp³-hybridized carbons (Fsp3) is 1.00. The number of unbranched alkanes of at least 4 members (excludes halogenated alkanes) is 2. The van der Waals surface area contributed by atoms with E-state index in [0.717, 1.165) is 25.7 Å². The number of hydrogen-bond donors (Lipinski definition) is 0. The molecule has 0 heterocycles. The number of alkyl halides is 1. The lowest BCUT2D eigenvalue weighted by Gasteiger charge is -2.21. The van der Waals surface area contributed by atoms with Crippen LogP contribution in [0.5, 0.6) is 0 Å². The quantitative estimate of drug-likeness (QED) is 0.600. The monoisotopic (exact) mass is 253 g/mol. The number of nitrogens with zero attached hydrogens (tertiary/aromatic N) is 1. The van der Waals surface area contributed by atoms with Gasteiger partial charge in [0, 0.05) is 13.1 Å². The molecule has 0 aliphatic carbocycles. The van der Waals surface area contributed by atoms with Crippen molar-refractivity contribution in [3.8, 4) is 0 Å². The highest BCUT2D eigenvalue weighted by molar-refractivity contribution is 7.89. The van der Waals surface area contributed by atoms with E-state index in [1.165, 1.54) is 4.31 Å². The van der Waals surface area contributed by atoms with E-state index in [0.29, 0.717) is 13.1 Å². The third-order valence-corrected chi connectivity index (χ3v) is 4.41. The lowest BCUT2D eigenvalue weighted by atomic mass is 10.3. The van der Waals surface area contributed by atoms with Crippen LogP contribution in [0.4, 0.5) is 4.39 Å². The first-order valence-electron chi connectivity index (χ1n) is 6.12. The second-order valence-corrected chi connectivity index (χ2v) is 6.05. The molecule has 5 heteroatoms. The Labute approximate surface area is 99.1 Å². The number of rotatable bonds is 10. The summed E-state index contributed by atoms with van der Waals surface area (Å²) in [4.78, 5) is 0. The van der Waals surface area contributed by atoms with E-state index >= 15 is 0 Å². The largest absolute Gasteiger partial charge is 0.251 e. The molecule has 16 heavy (non-hydrogen) atoms. The van der Waals surface area contributed by atoms with Gasteiger partial charge >= 0.3 is 0 Å². The molecule has 0 bridgehead atoms. The average Bonchev–Trinajstić information content (AvgIpc) is 2.26. The minimum absolute atomic E-state index is 0.0586. The summed E-state index contributed by atoms with van der Waals surface area (Å²) in [5, 5.41) is 0. The predicted molar refractivity (Wildman–Crippen MR) is 65.8 cm³/mol. The molecule has 98 valence electrons. The van der Waals surface area contributed by atoms with E-state index < -0.39 is 16.7 Å². The zero-order valence-corrected chi connectivity index (χ0v) is 11.2. The highest BCUT2D eigenvalue weighted by Gasteiger charge is 2.20. The minimum atomic E-state index is -3.24. The Balaban J connectivity index is 4.33. The molecule has 0 aliphatic heterocycles. The van der Waals surface area contributed by atoms with E-state index in [2.05, 4.69) is 0 Å². The number of halogens is 1. The second-order valence-electron chi connectivity index (χ2n) is 3.96. The molecule has 0 aromatic rings. The van der Waals surface area contributed by atoms with Crippen molar-refractivity contribution in [3.63, 3.8) is 0 Å². The lowest BCUT2D eigenvalue weighted by Crippen LogP contribution is -2.34. The summed E-state index contributed by atoms with van der Waals surface area (Å²) in [7, 11) is -3.24. The maximum absolute atomic E-state index is 12.0. The van der Waals surface area contributed by atoms with Gasteiger partial charge in [-0.1, -0.05) is 26.7 Å². The van der Waals surface area contributed by atoms with E-state index in [9.17, 15) is 12.8 Å². The third-order valence-electron chi connectivity index (χ3n) is 2.45. The molecule has 0 aromatic carbocycles. The van der Waals surface area contributed by atoms with E-state index in [1.54, 1.807) is 0 Å². The van der Waals surface area contributed by atoms with Crippen LogP contribution in [0.25, 0.3) is 0 Å². The Morgan fingerprint density at radius 2 is 1.50 bits per heavy atom. The first-order chi connectivity index (χ1) is 7.58. The van der Waals surface area contributed by atoms with E-state index in [1.807, 2.05) is 13.8 Å². The summed E-state index contributed by atoms with van der Waals surface area (Å²) in [6, 6.07) is 0. The Morgan fingerprint density at radius 3 is 1.88 bits per heavy atom. The number of hydrogen-bond acceptors (Lipinski definition) is 2. The van der Waals surface area contributed by atoms with Gasteiger partial charge < -0.3 is 0 Å². The molecule has 0 atom stereocenters. The minimum Gasteiger partial charge on any atom is -0.251 e. The average molecular weight is 253 g/mol. The SMILES string of the molecule is CCCCN(CCCC)S(=O)(=O)CCCF. The fourth-order valence-corrected chi connectivity index (χ4v) is 2.97. The Morgan fingerprint density at radius 1 is 1.00 bits per heavy atom. The molecule has 0 rings (SSSR count). The van der Waals surface area contributed by atoms with Crippen LogP contribution in [0.15, 0.2) is 0 Å². The van der Waals surface area contributed by atoms with Crippen LogP contribution in [0.1, 0.15) is 46.0 Å². The molecular weight excluding hydrogens is 229 g/mol. The lowest BCUT2D eigenvalue weighted by molar-refractivity contribution is 0.391. The highest BCUT2D eigenvalue weighted by Crippen LogP contribution is 2.08. The van der Waals surface area contributed by atoms with Gasteiger partial charge in [0.2, 0.25) is 10.0 Å². The van der Waals surface area contributed by atoms with Crippen LogP contribution in [-0.2, 0) is 10.0 Å². The van der Waals surface area contributed by atoms with Gasteiger partial charge in [-0.15, -0.1) is 0 Å². The Hall–Kier alpha value is -0.160. The molecule has 0 spiro atoms. The molecule has 0 aliphatic rings. The number of sulfonamides is 1. The predicted octanol–water partition coefficient (Wildman–Crippen LogP) is 2.58. The first-order valence-corrected chi connectivity index (χ1v) is 7.73. The molecule has 0 saturated heterocycles. The van der Waals surface area contributed by atoms with Crippen LogP contribution in [0.3, 0.4) is 0 Å². The molecule has 0 saturated carbocycles. The van der Waals surface area contributed by atoms with Crippen LogP contribution in [-0.4, -0.2) is 38.2 Å². The van der Waals surface area contributed by atoms with Gasteiger partial charge in [-0.05, 0) is 19.3 Å². The molecule has 0 aromatic heterocycles. The normalized spacial score (nSPS) is 12.2. The van der Waals surface area contributed by atoms with Gasteiger partial charge in [0.15, 0.2) is 0 Å². The summed E-state index contributed by atoms with van der Waals surface area (Å²) in [5.41, 5.74) is 0. The molecule has 0 radical (unpaired) electrons. The van der Waals surface area contributed by atoms with Gasteiger partial charge in [-0.2, -0.15) is 0 Å². The van der Waals surface area contributed by atoms with Crippen molar-refractivity contribution in [3.05, 3.63) is 0 Å². The summed E-state index contributed by atoms with van der Waals surface area (Å²) in [5.74, 6) is -0.0586. The summed E-state index contributed by atoms with van der Waals surface area (Å²) in [6.07, 6.45) is 3.80. The van der Waals surface area contributed by atoms with Gasteiger partial charge in [0.1, 0.15) is 0 Å². The molecule has 0 fully saturated rings. The molecule has 0 N–H and O–H groups in total. The van der Waals surface area contributed by atoms with Gasteiger partial charge in [0.25, 0.3) is 0 Å². The third kappa shape index (κ3) is 6.43. The van der Waals surface area contributed by atoms with Crippen molar-refractivity contribution in [2.45, 2.75) is 46.0 Å².